The minimum atomic E-state index is -4.13. The van der Waals surface area contributed by atoms with Crippen molar-refractivity contribution in [3.63, 3.8) is 0 Å². The normalized spacial score (nSPS) is 12.6. The lowest BCUT2D eigenvalue weighted by atomic mass is 10.0. The number of aryl methyl sites for hydroxylation is 2. The molecule has 4 aromatic rings. The molecule has 0 radical (unpaired) electrons. The van der Waals surface area contributed by atoms with Crippen molar-refractivity contribution in [3.05, 3.63) is 131 Å². The first-order valence-corrected chi connectivity index (χ1v) is 16.4. The Morgan fingerprint density at radius 1 is 0.773 bits per heavy atom. The highest BCUT2D eigenvalue weighted by Crippen LogP contribution is 2.28. The van der Waals surface area contributed by atoms with Crippen LogP contribution >= 0.6 is 0 Å². The first-order valence-electron chi connectivity index (χ1n) is 14.9. The molecule has 0 aliphatic rings. The second-order valence-electron chi connectivity index (χ2n) is 11.1. The van der Waals surface area contributed by atoms with E-state index in [1.165, 1.54) is 12.1 Å². The molecule has 0 aliphatic heterocycles. The van der Waals surface area contributed by atoms with E-state index < -0.39 is 28.5 Å². The zero-order chi connectivity index (χ0) is 31.7. The number of hydrogen-bond donors (Lipinski definition) is 1. The molecule has 4 rings (SSSR count). The second-order valence-corrected chi connectivity index (χ2v) is 12.9. The van der Waals surface area contributed by atoms with Gasteiger partial charge in [-0.05, 0) is 67.6 Å². The van der Waals surface area contributed by atoms with Gasteiger partial charge in [-0.3, -0.25) is 13.9 Å². The molecule has 44 heavy (non-hydrogen) atoms. The summed E-state index contributed by atoms with van der Waals surface area (Å²) in [7, 11) is -4.13. The molecule has 0 saturated carbocycles. The third kappa shape index (κ3) is 7.94. The first-order chi connectivity index (χ1) is 21.1. The number of para-hydroxylation sites is 1. The van der Waals surface area contributed by atoms with E-state index in [0.717, 1.165) is 27.4 Å². The van der Waals surface area contributed by atoms with Gasteiger partial charge >= 0.3 is 0 Å². The number of anilines is 1. The Hall–Kier alpha value is -4.43. The molecule has 2 atom stereocenters. The first kappa shape index (κ1) is 32.5. The molecule has 0 aliphatic carbocycles. The van der Waals surface area contributed by atoms with E-state index in [4.69, 9.17) is 0 Å². The molecule has 0 unspecified atom stereocenters. The van der Waals surface area contributed by atoms with E-state index in [1.807, 2.05) is 94.4 Å². The molecule has 4 aromatic carbocycles. The Labute approximate surface area is 261 Å². The Morgan fingerprint density at radius 2 is 1.34 bits per heavy atom. The van der Waals surface area contributed by atoms with Crippen molar-refractivity contribution in [3.8, 4) is 0 Å². The summed E-state index contributed by atoms with van der Waals surface area (Å²) in [5.41, 5.74) is 3.86. The largest absolute Gasteiger partial charge is 0.352 e. The van der Waals surface area contributed by atoms with Crippen LogP contribution in [0.25, 0.3) is 0 Å². The molecule has 230 valence electrons. The highest BCUT2D eigenvalue weighted by molar-refractivity contribution is 7.92. The van der Waals surface area contributed by atoms with Crippen molar-refractivity contribution in [2.45, 2.75) is 64.1 Å². The molecular weight excluding hydrogens is 570 g/mol. The summed E-state index contributed by atoms with van der Waals surface area (Å²) in [6, 6.07) is 31.5. The number of sulfonamides is 1. The van der Waals surface area contributed by atoms with E-state index in [2.05, 4.69) is 5.32 Å². The highest BCUT2D eigenvalue weighted by Gasteiger charge is 2.35. The predicted molar refractivity (Wildman–Crippen MR) is 176 cm³/mol. The summed E-state index contributed by atoms with van der Waals surface area (Å²) in [4.78, 5) is 30.1. The number of rotatable bonds is 13. The topological polar surface area (TPSA) is 86.8 Å². The van der Waals surface area contributed by atoms with E-state index in [0.29, 0.717) is 11.3 Å². The van der Waals surface area contributed by atoms with Crippen LogP contribution in [0.2, 0.25) is 0 Å². The molecule has 2 amide bonds. The minimum Gasteiger partial charge on any atom is -0.352 e. The van der Waals surface area contributed by atoms with E-state index in [-0.39, 0.29) is 29.8 Å². The average molecular weight is 612 g/mol. The number of benzene rings is 4. The number of nitrogens with one attached hydrogen (secondary N) is 1. The zero-order valence-electron chi connectivity index (χ0n) is 25.8. The maximum atomic E-state index is 14.6. The van der Waals surface area contributed by atoms with Crippen molar-refractivity contribution in [2.75, 3.05) is 10.8 Å². The van der Waals surface area contributed by atoms with Gasteiger partial charge in [0.05, 0.1) is 10.6 Å². The molecule has 8 heteroatoms. The lowest BCUT2D eigenvalue weighted by molar-refractivity contribution is -0.140. The summed E-state index contributed by atoms with van der Waals surface area (Å²) >= 11 is 0. The lowest BCUT2D eigenvalue weighted by Crippen LogP contribution is -2.54. The zero-order valence-corrected chi connectivity index (χ0v) is 26.6. The Bertz CT molecular complexity index is 1660. The number of carbonyl (C=O) groups excluding carboxylic acids is 2. The van der Waals surface area contributed by atoms with Gasteiger partial charge in [-0.25, -0.2) is 8.42 Å². The van der Waals surface area contributed by atoms with Crippen LogP contribution in [0.5, 0.6) is 0 Å². The van der Waals surface area contributed by atoms with Gasteiger partial charge in [-0.15, -0.1) is 0 Å². The lowest BCUT2D eigenvalue weighted by Gasteiger charge is -2.35. The van der Waals surface area contributed by atoms with Crippen molar-refractivity contribution in [1.82, 2.24) is 10.2 Å². The van der Waals surface area contributed by atoms with Crippen LogP contribution in [0.3, 0.4) is 0 Å². The van der Waals surface area contributed by atoms with Crippen LogP contribution in [-0.4, -0.2) is 43.8 Å². The summed E-state index contributed by atoms with van der Waals surface area (Å²) in [5.74, 6) is -0.755. The Balaban J connectivity index is 1.82. The average Bonchev–Trinajstić information content (AvgIpc) is 3.03. The van der Waals surface area contributed by atoms with Crippen molar-refractivity contribution in [1.29, 1.82) is 0 Å². The van der Waals surface area contributed by atoms with E-state index in [9.17, 15) is 18.0 Å². The van der Waals surface area contributed by atoms with Crippen LogP contribution in [0.4, 0.5) is 5.69 Å². The molecule has 7 nitrogen and oxygen atoms in total. The van der Waals surface area contributed by atoms with E-state index >= 15 is 0 Å². The van der Waals surface area contributed by atoms with Crippen molar-refractivity contribution in [2.24, 2.45) is 0 Å². The fraction of sp³-hybridized carbons (Fsp3) is 0.278. The van der Waals surface area contributed by atoms with Crippen molar-refractivity contribution >= 4 is 27.5 Å². The maximum Gasteiger partial charge on any atom is 0.264 e. The van der Waals surface area contributed by atoms with Gasteiger partial charge < -0.3 is 10.2 Å². The molecule has 1 N–H and O–H groups in total. The quantitative estimate of drug-likeness (QED) is 0.199. The smallest absolute Gasteiger partial charge is 0.264 e. The second kappa shape index (κ2) is 14.8. The van der Waals surface area contributed by atoms with Gasteiger partial charge in [0.2, 0.25) is 11.8 Å². The molecule has 0 bridgehead atoms. The Morgan fingerprint density at radius 3 is 1.95 bits per heavy atom. The van der Waals surface area contributed by atoms with Crippen LogP contribution in [0.1, 0.15) is 42.5 Å². The van der Waals surface area contributed by atoms with Gasteiger partial charge in [-0.1, -0.05) is 97.9 Å². The molecule has 0 heterocycles. The SMILES string of the molecule is CC[C@H](C)NC(=O)[C@H](Cc1ccccc1)N(Cc1ccccc1C)C(=O)CN(c1ccccc1C)S(=O)(=O)c1ccccc1. The van der Waals surface area contributed by atoms with Gasteiger partial charge in [-0.2, -0.15) is 0 Å². The van der Waals surface area contributed by atoms with Crippen LogP contribution in [0.15, 0.2) is 114 Å². The summed E-state index contributed by atoms with van der Waals surface area (Å²) in [5, 5.41) is 3.07. The highest BCUT2D eigenvalue weighted by atomic mass is 32.2. The summed E-state index contributed by atoms with van der Waals surface area (Å²) in [6.45, 7) is 7.36. The van der Waals surface area contributed by atoms with E-state index in [1.54, 1.807) is 35.2 Å². The molecule has 0 fully saturated rings. The van der Waals surface area contributed by atoms with Gasteiger partial charge in [0.25, 0.3) is 10.0 Å². The fourth-order valence-corrected chi connectivity index (χ4v) is 6.54. The van der Waals surface area contributed by atoms with Gasteiger partial charge in [0.1, 0.15) is 12.6 Å². The summed E-state index contributed by atoms with van der Waals surface area (Å²) in [6.07, 6.45) is 1.00. The van der Waals surface area contributed by atoms with Crippen LogP contribution in [0, 0.1) is 13.8 Å². The number of carbonyl (C=O) groups is 2. The third-order valence-electron chi connectivity index (χ3n) is 7.87. The van der Waals surface area contributed by atoms with Crippen LogP contribution in [-0.2, 0) is 32.6 Å². The summed E-state index contributed by atoms with van der Waals surface area (Å²) < 4.78 is 29.4. The number of hydrogen-bond acceptors (Lipinski definition) is 4. The molecule has 0 aromatic heterocycles. The number of nitrogens with zero attached hydrogens (tertiary/aromatic N) is 2. The fourth-order valence-electron chi connectivity index (χ4n) is 5.04. The Kier molecular flexibility index (Phi) is 11.0. The minimum absolute atomic E-state index is 0.0804. The van der Waals surface area contributed by atoms with Crippen molar-refractivity contribution < 1.29 is 18.0 Å². The third-order valence-corrected chi connectivity index (χ3v) is 9.64. The molecular formula is C36H41N3O4S. The monoisotopic (exact) mass is 611 g/mol. The predicted octanol–water partition coefficient (Wildman–Crippen LogP) is 6.05. The molecule has 0 spiro atoms. The maximum absolute atomic E-state index is 14.6. The molecule has 0 saturated heterocycles. The van der Waals surface area contributed by atoms with Gasteiger partial charge in [0, 0.05) is 19.0 Å². The van der Waals surface area contributed by atoms with Gasteiger partial charge in [0.15, 0.2) is 0 Å². The number of amides is 2. The standard InChI is InChI=1S/C36H41N3O4S/c1-5-29(4)37-36(41)34(24-30-18-8-6-9-19-30)38(25-31-20-14-12-16-27(31)2)35(40)26-39(33-23-15-13-17-28(33)3)44(42,43)32-21-10-7-11-22-32/h6-23,29,34H,5,24-26H2,1-4H3,(H,37,41)/t29-,34-/m0/s1. The van der Waals surface area contributed by atoms with Crippen LogP contribution < -0.4 is 9.62 Å².